The fourth-order valence-electron chi connectivity index (χ4n) is 5.08. The molecule has 0 radical (unpaired) electrons. The smallest absolute Gasteiger partial charge is 0.173 e. The molecule has 3 rings (SSSR count). The predicted molar refractivity (Wildman–Crippen MR) is 127 cm³/mol. The first-order valence-electron chi connectivity index (χ1n) is 11.3. The van der Waals surface area contributed by atoms with Crippen LogP contribution in [0.3, 0.4) is 0 Å². The number of aryl methyl sites for hydroxylation is 4. The maximum absolute atomic E-state index is 13.2. The fourth-order valence-corrected chi connectivity index (χ4v) is 6.34. The number of aliphatic hydroxyl groups excluding tert-OH is 2. The van der Waals surface area contributed by atoms with Gasteiger partial charge in [-0.1, -0.05) is 32.9 Å². The molecule has 5 heteroatoms. The number of fused-ring (bicyclic) bond motifs is 1. The van der Waals surface area contributed by atoms with E-state index in [2.05, 4.69) is 39.8 Å². The van der Waals surface area contributed by atoms with E-state index in [1.165, 1.54) is 16.0 Å². The average Bonchev–Trinajstić information content (AvgIpc) is 3.22. The van der Waals surface area contributed by atoms with Gasteiger partial charge in [0.25, 0.3) is 0 Å². The Bertz CT molecular complexity index is 920. The predicted octanol–water partition coefficient (Wildman–Crippen LogP) is 5.15. The number of thiophene rings is 1. The molecule has 4 nitrogen and oxygen atoms in total. The summed E-state index contributed by atoms with van der Waals surface area (Å²) in [5, 5.41) is 18.5. The van der Waals surface area contributed by atoms with Crippen LogP contribution in [0, 0.1) is 32.6 Å². The molecule has 0 bridgehead atoms. The Morgan fingerprint density at radius 2 is 1.87 bits per heavy atom. The quantitative estimate of drug-likeness (QED) is 0.525. The molecule has 0 fully saturated rings. The first-order valence-corrected chi connectivity index (χ1v) is 12.1. The van der Waals surface area contributed by atoms with Crippen molar-refractivity contribution in [3.63, 3.8) is 0 Å². The largest absolute Gasteiger partial charge is 0.490 e. The maximum Gasteiger partial charge on any atom is 0.173 e. The Balaban J connectivity index is 1.70. The molecular formula is C26H36O4S. The van der Waals surface area contributed by atoms with Gasteiger partial charge in [0.15, 0.2) is 5.78 Å². The van der Waals surface area contributed by atoms with E-state index < -0.39 is 6.10 Å². The van der Waals surface area contributed by atoms with Gasteiger partial charge < -0.3 is 14.9 Å². The Morgan fingerprint density at radius 1 is 1.23 bits per heavy atom. The standard InChI is InChI=1S/C26H36O4S/c1-14(2)21-11-22-24(17(21)5)18(6)31-26(22)23(29)8-7-19-9-15(3)25(16(4)10-19)30-13-20(28)12-27/h9-10,14,17,20-21,27-28H,7-8,11-13H2,1-6H3/t17-,20+,21?/m1/s1. The van der Waals surface area contributed by atoms with Crippen molar-refractivity contribution >= 4 is 17.1 Å². The van der Waals surface area contributed by atoms with Gasteiger partial charge in [-0.3, -0.25) is 4.79 Å². The number of carbonyl (C=O) groups excluding carboxylic acids is 1. The van der Waals surface area contributed by atoms with Gasteiger partial charge in [0.05, 0.1) is 11.5 Å². The van der Waals surface area contributed by atoms with Gasteiger partial charge in [-0.05, 0) is 79.2 Å². The van der Waals surface area contributed by atoms with Gasteiger partial charge in [0.2, 0.25) is 0 Å². The molecule has 31 heavy (non-hydrogen) atoms. The summed E-state index contributed by atoms with van der Waals surface area (Å²) in [5.74, 6) is 2.79. The highest BCUT2D eigenvalue weighted by molar-refractivity contribution is 7.14. The average molecular weight is 445 g/mol. The third-order valence-electron chi connectivity index (χ3n) is 6.67. The zero-order chi connectivity index (χ0) is 22.9. The topological polar surface area (TPSA) is 66.8 Å². The van der Waals surface area contributed by atoms with Gasteiger partial charge in [0.1, 0.15) is 18.5 Å². The second-order valence-corrected chi connectivity index (χ2v) is 10.6. The van der Waals surface area contributed by atoms with Crippen LogP contribution in [0.1, 0.15) is 75.5 Å². The number of hydrogen-bond acceptors (Lipinski definition) is 5. The molecule has 1 aromatic carbocycles. The van der Waals surface area contributed by atoms with Crippen molar-refractivity contribution in [1.82, 2.24) is 0 Å². The van der Waals surface area contributed by atoms with Crippen molar-refractivity contribution in [3.8, 4) is 5.75 Å². The molecule has 1 aliphatic carbocycles. The molecule has 1 unspecified atom stereocenters. The van der Waals surface area contributed by atoms with E-state index in [1.54, 1.807) is 11.3 Å². The van der Waals surface area contributed by atoms with Crippen molar-refractivity contribution in [2.45, 2.75) is 72.8 Å². The van der Waals surface area contributed by atoms with Crippen molar-refractivity contribution in [2.75, 3.05) is 13.2 Å². The number of rotatable bonds is 9. The molecule has 2 N–H and O–H groups in total. The molecule has 1 heterocycles. The summed E-state index contributed by atoms with van der Waals surface area (Å²) in [7, 11) is 0. The number of benzene rings is 1. The molecule has 0 spiro atoms. The minimum atomic E-state index is -0.884. The lowest BCUT2D eigenvalue weighted by Crippen LogP contribution is -2.21. The summed E-state index contributed by atoms with van der Waals surface area (Å²) in [6.45, 7) is 12.8. The second kappa shape index (κ2) is 9.85. The molecule has 170 valence electrons. The molecule has 1 aromatic heterocycles. The number of ketones is 1. The van der Waals surface area contributed by atoms with Crippen LogP contribution in [-0.2, 0) is 12.8 Å². The van der Waals surface area contributed by atoms with E-state index in [4.69, 9.17) is 9.84 Å². The molecule has 3 atom stereocenters. The second-order valence-electron chi connectivity index (χ2n) is 9.41. The van der Waals surface area contributed by atoms with Gasteiger partial charge in [-0.2, -0.15) is 0 Å². The van der Waals surface area contributed by atoms with Crippen LogP contribution in [0.25, 0.3) is 0 Å². The molecule has 0 saturated heterocycles. The number of Topliss-reactive ketones (excluding diaryl/α,β-unsaturated/α-hetero) is 1. The van der Waals surface area contributed by atoms with Crippen LogP contribution in [0.4, 0.5) is 0 Å². The summed E-state index contributed by atoms with van der Waals surface area (Å²) in [6, 6.07) is 4.11. The van der Waals surface area contributed by atoms with Crippen LogP contribution < -0.4 is 4.74 Å². The summed E-state index contributed by atoms with van der Waals surface area (Å²) in [4.78, 5) is 15.4. The van der Waals surface area contributed by atoms with Crippen LogP contribution in [0.5, 0.6) is 5.75 Å². The zero-order valence-electron chi connectivity index (χ0n) is 19.6. The maximum atomic E-state index is 13.2. The van der Waals surface area contributed by atoms with Crippen LogP contribution >= 0.6 is 11.3 Å². The minimum Gasteiger partial charge on any atom is -0.490 e. The van der Waals surface area contributed by atoms with Crippen molar-refractivity contribution in [3.05, 3.63) is 49.7 Å². The summed E-state index contributed by atoms with van der Waals surface area (Å²) in [6.07, 6.45) is 1.36. The number of hydrogen-bond donors (Lipinski definition) is 2. The first kappa shape index (κ1) is 24.0. The van der Waals surface area contributed by atoms with E-state index in [9.17, 15) is 9.90 Å². The van der Waals surface area contributed by atoms with Crippen LogP contribution in [0.15, 0.2) is 12.1 Å². The summed E-state index contributed by atoms with van der Waals surface area (Å²) in [5.41, 5.74) is 5.84. The van der Waals surface area contributed by atoms with E-state index in [1.807, 2.05) is 13.8 Å². The summed E-state index contributed by atoms with van der Waals surface area (Å²) >= 11 is 1.68. The highest BCUT2D eigenvalue weighted by Gasteiger charge is 2.36. The van der Waals surface area contributed by atoms with Gasteiger partial charge in [0, 0.05) is 11.3 Å². The number of aliphatic hydroxyl groups is 2. The van der Waals surface area contributed by atoms with Gasteiger partial charge in [-0.15, -0.1) is 11.3 Å². The minimum absolute atomic E-state index is 0.0641. The van der Waals surface area contributed by atoms with Crippen molar-refractivity contribution in [1.29, 1.82) is 0 Å². The normalized spacial score (nSPS) is 19.0. The molecule has 0 amide bonds. The lowest BCUT2D eigenvalue weighted by molar-refractivity contribution is 0.0531. The molecule has 2 aromatic rings. The van der Waals surface area contributed by atoms with Gasteiger partial charge in [-0.25, -0.2) is 0 Å². The lowest BCUT2D eigenvalue weighted by Gasteiger charge is -2.20. The van der Waals surface area contributed by atoms with Crippen LogP contribution in [-0.4, -0.2) is 35.3 Å². The Kier molecular flexibility index (Phi) is 7.61. The Morgan fingerprint density at radius 3 is 2.45 bits per heavy atom. The SMILES string of the molecule is Cc1cc(CCC(=O)c2sc(C)c3c2CC(C(C)C)[C@H]3C)cc(C)c1OC[C@@H](O)CO. The monoisotopic (exact) mass is 444 g/mol. The van der Waals surface area contributed by atoms with E-state index in [0.717, 1.165) is 33.7 Å². The van der Waals surface area contributed by atoms with E-state index >= 15 is 0 Å². The zero-order valence-corrected chi connectivity index (χ0v) is 20.4. The fraction of sp³-hybridized carbons (Fsp3) is 0.577. The van der Waals surface area contributed by atoms with E-state index in [-0.39, 0.29) is 19.0 Å². The number of carbonyl (C=O) groups is 1. The first-order chi connectivity index (χ1) is 14.6. The molecular weight excluding hydrogens is 408 g/mol. The lowest BCUT2D eigenvalue weighted by atomic mass is 9.85. The van der Waals surface area contributed by atoms with Crippen molar-refractivity contribution < 1.29 is 19.7 Å². The van der Waals surface area contributed by atoms with Gasteiger partial charge >= 0.3 is 0 Å². The molecule has 0 aliphatic heterocycles. The van der Waals surface area contributed by atoms with Crippen molar-refractivity contribution in [2.24, 2.45) is 11.8 Å². The number of ether oxygens (including phenoxy) is 1. The third-order valence-corrected chi connectivity index (χ3v) is 7.88. The Hall–Kier alpha value is -1.69. The Labute approximate surface area is 190 Å². The van der Waals surface area contributed by atoms with E-state index in [0.29, 0.717) is 30.6 Å². The highest BCUT2D eigenvalue weighted by atomic mass is 32.1. The van der Waals surface area contributed by atoms with Crippen LogP contribution in [0.2, 0.25) is 0 Å². The highest BCUT2D eigenvalue weighted by Crippen LogP contribution is 2.47. The third kappa shape index (κ3) is 5.05. The molecule has 1 aliphatic rings. The summed E-state index contributed by atoms with van der Waals surface area (Å²) < 4.78 is 5.69. The molecule has 0 saturated carbocycles.